The highest BCUT2D eigenvalue weighted by Gasteiger charge is 2.32. The molecule has 0 atom stereocenters. The lowest BCUT2D eigenvalue weighted by Gasteiger charge is -2.22. The van der Waals surface area contributed by atoms with Crippen LogP contribution < -0.4 is 0 Å². The van der Waals surface area contributed by atoms with Crippen molar-refractivity contribution < 1.29 is 14.1 Å². The Hall–Kier alpha value is -3.29. The lowest BCUT2D eigenvalue weighted by molar-refractivity contribution is -0.384. The Labute approximate surface area is 160 Å². The molecule has 1 aliphatic carbocycles. The van der Waals surface area contributed by atoms with Crippen molar-refractivity contribution in [2.45, 2.75) is 38.4 Å². The van der Waals surface area contributed by atoms with Crippen molar-refractivity contribution in [2.75, 3.05) is 0 Å². The second kappa shape index (κ2) is 7.38. The van der Waals surface area contributed by atoms with E-state index in [0.29, 0.717) is 18.6 Å². The number of amides is 1. The highest BCUT2D eigenvalue weighted by atomic mass is 19.1. The maximum absolute atomic E-state index is 13.1. The van der Waals surface area contributed by atoms with Gasteiger partial charge in [0.1, 0.15) is 5.82 Å². The summed E-state index contributed by atoms with van der Waals surface area (Å²) < 4.78 is 14.7. The standard InChI is InChI=1S/C20H19FN4O3/c21-16-4-1-14(2-5-16)13-23(17-7-8-17)20(26)9-10-24-19-11-18(25(27)28)6-3-15(19)12-22-24/h1-6,11-12,17H,7-10,13H2. The number of carbonyl (C=O) groups excluding carboxylic acids is 1. The van der Waals surface area contributed by atoms with Crippen molar-refractivity contribution in [3.8, 4) is 0 Å². The van der Waals surface area contributed by atoms with E-state index in [-0.39, 0.29) is 29.9 Å². The molecule has 4 rings (SSSR count). The lowest BCUT2D eigenvalue weighted by Crippen LogP contribution is -2.33. The normalized spacial score (nSPS) is 13.6. The summed E-state index contributed by atoms with van der Waals surface area (Å²) >= 11 is 0. The van der Waals surface area contributed by atoms with Gasteiger partial charge < -0.3 is 4.90 Å². The van der Waals surface area contributed by atoms with Gasteiger partial charge in [0.15, 0.2) is 0 Å². The minimum atomic E-state index is -0.445. The average molecular weight is 382 g/mol. The van der Waals surface area contributed by atoms with Gasteiger partial charge >= 0.3 is 0 Å². The molecule has 0 N–H and O–H groups in total. The number of carbonyl (C=O) groups is 1. The summed E-state index contributed by atoms with van der Waals surface area (Å²) in [7, 11) is 0. The molecular formula is C20H19FN4O3. The molecule has 8 heteroatoms. The number of nitrogens with zero attached hydrogens (tertiary/aromatic N) is 4. The minimum absolute atomic E-state index is 0.000839. The fraction of sp³-hybridized carbons (Fsp3) is 0.300. The molecule has 0 radical (unpaired) electrons. The molecule has 0 aliphatic heterocycles. The van der Waals surface area contributed by atoms with E-state index in [1.165, 1.54) is 24.3 Å². The fourth-order valence-corrected chi connectivity index (χ4v) is 3.29. The number of aromatic nitrogens is 2. The number of benzene rings is 2. The summed E-state index contributed by atoms with van der Waals surface area (Å²) in [5, 5.41) is 16.1. The van der Waals surface area contributed by atoms with Crippen molar-refractivity contribution in [1.29, 1.82) is 0 Å². The molecule has 2 aromatic carbocycles. The van der Waals surface area contributed by atoms with Gasteiger partial charge in [-0.1, -0.05) is 12.1 Å². The van der Waals surface area contributed by atoms with Crippen LogP contribution in [0.25, 0.3) is 10.9 Å². The van der Waals surface area contributed by atoms with Crippen LogP contribution in [-0.4, -0.2) is 31.6 Å². The zero-order valence-corrected chi connectivity index (χ0v) is 15.1. The van der Waals surface area contributed by atoms with E-state index in [9.17, 15) is 19.3 Å². The van der Waals surface area contributed by atoms with E-state index >= 15 is 0 Å². The predicted octanol–water partition coefficient (Wildman–Crippen LogP) is 3.66. The predicted molar refractivity (Wildman–Crippen MR) is 101 cm³/mol. The zero-order valence-electron chi connectivity index (χ0n) is 15.1. The topological polar surface area (TPSA) is 81.3 Å². The first-order chi connectivity index (χ1) is 13.5. The first-order valence-corrected chi connectivity index (χ1v) is 9.15. The summed E-state index contributed by atoms with van der Waals surface area (Å²) in [4.78, 5) is 25.2. The number of hydrogen-bond donors (Lipinski definition) is 0. The van der Waals surface area contributed by atoms with Gasteiger partial charge in [-0.05, 0) is 36.6 Å². The number of rotatable bonds is 7. The van der Waals surface area contributed by atoms with Crippen LogP contribution in [-0.2, 0) is 17.9 Å². The van der Waals surface area contributed by atoms with E-state index in [2.05, 4.69) is 5.10 Å². The Morgan fingerprint density at radius 2 is 2.00 bits per heavy atom. The molecule has 7 nitrogen and oxygen atoms in total. The molecule has 1 heterocycles. The number of non-ortho nitro benzene ring substituents is 1. The number of nitro groups is 1. The molecule has 0 unspecified atom stereocenters. The van der Waals surface area contributed by atoms with Gasteiger partial charge in [-0.2, -0.15) is 5.10 Å². The van der Waals surface area contributed by atoms with Crippen molar-refractivity contribution in [3.05, 3.63) is 70.2 Å². The van der Waals surface area contributed by atoms with Gasteiger partial charge in [0, 0.05) is 36.5 Å². The quantitative estimate of drug-likeness (QED) is 0.461. The average Bonchev–Trinajstić information content (AvgIpc) is 3.45. The monoisotopic (exact) mass is 382 g/mol. The van der Waals surface area contributed by atoms with Gasteiger partial charge in [-0.3, -0.25) is 19.6 Å². The van der Waals surface area contributed by atoms with E-state index in [1.54, 1.807) is 29.1 Å². The fourth-order valence-electron chi connectivity index (χ4n) is 3.29. The Balaban J connectivity index is 1.46. The van der Waals surface area contributed by atoms with Crippen LogP contribution >= 0.6 is 0 Å². The molecule has 1 saturated carbocycles. The molecule has 1 amide bonds. The smallest absolute Gasteiger partial charge is 0.271 e. The van der Waals surface area contributed by atoms with Gasteiger partial charge in [-0.15, -0.1) is 0 Å². The van der Waals surface area contributed by atoms with Crippen LogP contribution in [0.4, 0.5) is 10.1 Å². The van der Waals surface area contributed by atoms with Crippen LogP contribution in [0.15, 0.2) is 48.7 Å². The molecule has 1 aliphatic rings. The van der Waals surface area contributed by atoms with Gasteiger partial charge in [0.2, 0.25) is 5.91 Å². The highest BCUT2D eigenvalue weighted by Crippen LogP contribution is 2.29. The number of hydrogen-bond acceptors (Lipinski definition) is 4. The molecule has 3 aromatic rings. The molecule has 0 saturated heterocycles. The second-order valence-electron chi connectivity index (χ2n) is 7.00. The van der Waals surface area contributed by atoms with E-state index in [1.807, 2.05) is 4.90 Å². The van der Waals surface area contributed by atoms with Crippen LogP contribution in [0, 0.1) is 15.9 Å². The van der Waals surface area contributed by atoms with Crippen LogP contribution in [0.2, 0.25) is 0 Å². The van der Waals surface area contributed by atoms with Gasteiger partial charge in [0.05, 0.1) is 23.2 Å². The Bertz CT molecular complexity index is 1030. The Morgan fingerprint density at radius 3 is 2.68 bits per heavy atom. The van der Waals surface area contributed by atoms with Gasteiger partial charge in [-0.25, -0.2) is 4.39 Å². The van der Waals surface area contributed by atoms with Crippen LogP contribution in [0.3, 0.4) is 0 Å². The SMILES string of the molecule is O=C(CCn1ncc2ccc([N+](=O)[O-])cc21)N(Cc1ccc(F)cc1)C1CC1. The minimum Gasteiger partial charge on any atom is -0.335 e. The first-order valence-electron chi connectivity index (χ1n) is 9.15. The summed E-state index contributed by atoms with van der Waals surface area (Å²) in [6.07, 6.45) is 3.84. The molecule has 144 valence electrons. The summed E-state index contributed by atoms with van der Waals surface area (Å²) in [5.74, 6) is -0.298. The Kier molecular flexibility index (Phi) is 4.77. The van der Waals surface area contributed by atoms with Crippen molar-refractivity contribution in [1.82, 2.24) is 14.7 Å². The molecular weight excluding hydrogens is 363 g/mol. The maximum atomic E-state index is 13.1. The van der Waals surface area contributed by atoms with E-state index in [4.69, 9.17) is 0 Å². The third-order valence-corrected chi connectivity index (χ3v) is 4.95. The third kappa shape index (κ3) is 3.85. The van der Waals surface area contributed by atoms with Crippen molar-refractivity contribution in [2.24, 2.45) is 0 Å². The highest BCUT2D eigenvalue weighted by molar-refractivity contribution is 5.81. The molecule has 0 spiro atoms. The number of aryl methyl sites for hydroxylation is 1. The summed E-state index contributed by atoms with van der Waals surface area (Å²) in [6.45, 7) is 0.797. The van der Waals surface area contributed by atoms with Crippen molar-refractivity contribution in [3.63, 3.8) is 0 Å². The lowest BCUT2D eigenvalue weighted by atomic mass is 10.2. The van der Waals surface area contributed by atoms with Crippen LogP contribution in [0.1, 0.15) is 24.8 Å². The van der Waals surface area contributed by atoms with Crippen molar-refractivity contribution >= 4 is 22.5 Å². The third-order valence-electron chi connectivity index (χ3n) is 4.95. The number of nitro benzene ring substituents is 1. The summed E-state index contributed by atoms with van der Waals surface area (Å²) in [6, 6.07) is 11.0. The van der Waals surface area contributed by atoms with E-state index in [0.717, 1.165) is 23.8 Å². The maximum Gasteiger partial charge on any atom is 0.271 e. The Morgan fingerprint density at radius 1 is 1.25 bits per heavy atom. The largest absolute Gasteiger partial charge is 0.335 e. The van der Waals surface area contributed by atoms with E-state index < -0.39 is 4.92 Å². The molecule has 1 aromatic heterocycles. The summed E-state index contributed by atoms with van der Waals surface area (Å²) in [5.41, 5.74) is 1.52. The number of fused-ring (bicyclic) bond motifs is 1. The van der Waals surface area contributed by atoms with Gasteiger partial charge in [0.25, 0.3) is 5.69 Å². The zero-order chi connectivity index (χ0) is 19.7. The first kappa shape index (κ1) is 18.1. The number of halogens is 1. The molecule has 0 bridgehead atoms. The molecule has 1 fully saturated rings. The second-order valence-corrected chi connectivity index (χ2v) is 7.00. The molecule has 28 heavy (non-hydrogen) atoms. The van der Waals surface area contributed by atoms with Crippen LogP contribution in [0.5, 0.6) is 0 Å².